The number of methoxy groups -OCH3 is 1. The number of carbonyl (C=O) groups is 1. The number of rotatable bonds is 7. The molecule has 0 aliphatic rings. The van der Waals surface area contributed by atoms with Crippen LogP contribution in [-0.4, -0.2) is 36.6 Å². The lowest BCUT2D eigenvalue weighted by molar-refractivity contribution is -0.125. The zero-order valence-corrected chi connectivity index (χ0v) is 16.1. The van der Waals surface area contributed by atoms with E-state index in [2.05, 4.69) is 9.72 Å². The fourth-order valence-corrected chi connectivity index (χ4v) is 3.62. The zero-order valence-electron chi connectivity index (χ0n) is 15.3. The number of hydrogen-bond acceptors (Lipinski definition) is 5. The summed E-state index contributed by atoms with van der Waals surface area (Å²) in [6.45, 7) is -2.65. The minimum absolute atomic E-state index is 0.113. The SMILES string of the molecule is COc1cccc(/C=C/C(=O)N(C)Cc2nc3ccccc3s2)c1OC(F)F. The molecule has 0 aliphatic carbocycles. The van der Waals surface area contributed by atoms with Crippen LogP contribution in [0.15, 0.2) is 48.5 Å². The van der Waals surface area contributed by atoms with Gasteiger partial charge in [0.1, 0.15) is 5.01 Å². The molecule has 0 saturated carbocycles. The monoisotopic (exact) mass is 404 g/mol. The highest BCUT2D eigenvalue weighted by molar-refractivity contribution is 7.18. The van der Waals surface area contributed by atoms with Crippen LogP contribution in [0.3, 0.4) is 0 Å². The number of alkyl halides is 2. The molecule has 2 aromatic carbocycles. The van der Waals surface area contributed by atoms with E-state index in [1.807, 2.05) is 24.3 Å². The first-order valence-corrected chi connectivity index (χ1v) is 9.19. The Kier molecular flexibility index (Phi) is 6.20. The Balaban J connectivity index is 1.73. The quantitative estimate of drug-likeness (QED) is 0.541. The van der Waals surface area contributed by atoms with Crippen molar-refractivity contribution in [1.82, 2.24) is 9.88 Å². The second-order valence-electron chi connectivity index (χ2n) is 5.86. The Hall–Kier alpha value is -3.00. The van der Waals surface area contributed by atoms with Crippen molar-refractivity contribution in [3.63, 3.8) is 0 Å². The molecule has 0 atom stereocenters. The Morgan fingerprint density at radius 1 is 1.25 bits per heavy atom. The number of aromatic nitrogens is 1. The standard InChI is InChI=1S/C20H18F2N2O3S/c1-24(12-17-23-14-7-3-4-9-16(14)28-17)18(25)11-10-13-6-5-8-15(26-2)19(13)27-20(21)22/h3-11,20H,12H2,1-2H3/b11-10+. The number of likely N-dealkylation sites (N-methyl/N-ethyl adjacent to an activating group) is 1. The third kappa shape index (κ3) is 4.64. The molecule has 146 valence electrons. The third-order valence-corrected chi connectivity index (χ3v) is 4.95. The summed E-state index contributed by atoms with van der Waals surface area (Å²) in [6, 6.07) is 12.5. The predicted octanol–water partition coefficient (Wildman–Crippen LogP) is 4.58. The molecule has 0 bridgehead atoms. The van der Waals surface area contributed by atoms with Crippen LogP contribution in [0.1, 0.15) is 10.6 Å². The summed E-state index contributed by atoms with van der Waals surface area (Å²) in [4.78, 5) is 18.4. The van der Waals surface area contributed by atoms with Crippen LogP contribution in [0.2, 0.25) is 0 Å². The third-order valence-electron chi connectivity index (χ3n) is 3.93. The van der Waals surface area contributed by atoms with Crippen molar-refractivity contribution in [3.05, 3.63) is 59.1 Å². The van der Waals surface area contributed by atoms with Gasteiger partial charge in [0.05, 0.1) is 23.9 Å². The molecule has 0 unspecified atom stereocenters. The largest absolute Gasteiger partial charge is 0.493 e. The van der Waals surface area contributed by atoms with Gasteiger partial charge in [-0.2, -0.15) is 8.78 Å². The van der Waals surface area contributed by atoms with E-state index in [4.69, 9.17) is 4.74 Å². The lowest BCUT2D eigenvalue weighted by atomic mass is 10.1. The second kappa shape index (κ2) is 8.79. The normalized spacial score (nSPS) is 11.3. The van der Waals surface area contributed by atoms with Gasteiger partial charge in [-0.25, -0.2) is 4.98 Å². The summed E-state index contributed by atoms with van der Waals surface area (Å²) in [5.41, 5.74) is 1.21. The first-order chi connectivity index (χ1) is 13.5. The number of amides is 1. The number of halogens is 2. The summed E-state index contributed by atoms with van der Waals surface area (Å²) < 4.78 is 36.0. The van der Waals surface area contributed by atoms with E-state index in [0.29, 0.717) is 12.1 Å². The maximum Gasteiger partial charge on any atom is 0.387 e. The number of nitrogens with zero attached hydrogens (tertiary/aromatic N) is 2. The topological polar surface area (TPSA) is 51.7 Å². The fourth-order valence-electron chi connectivity index (χ4n) is 2.60. The highest BCUT2D eigenvalue weighted by Crippen LogP contribution is 2.33. The molecule has 28 heavy (non-hydrogen) atoms. The predicted molar refractivity (Wildman–Crippen MR) is 105 cm³/mol. The van der Waals surface area contributed by atoms with Gasteiger partial charge in [0.15, 0.2) is 11.5 Å². The number of fused-ring (bicyclic) bond motifs is 1. The average Bonchev–Trinajstić information content (AvgIpc) is 3.08. The summed E-state index contributed by atoms with van der Waals surface area (Å²) in [5.74, 6) is -0.235. The molecule has 1 aromatic heterocycles. The van der Waals surface area contributed by atoms with E-state index in [0.717, 1.165) is 15.2 Å². The van der Waals surface area contributed by atoms with Gasteiger partial charge < -0.3 is 14.4 Å². The number of hydrogen-bond donors (Lipinski definition) is 0. The summed E-state index contributed by atoms with van der Waals surface area (Å²) in [7, 11) is 3.01. The van der Waals surface area contributed by atoms with Gasteiger partial charge in [0.25, 0.3) is 0 Å². The average molecular weight is 404 g/mol. The molecule has 5 nitrogen and oxygen atoms in total. The van der Waals surface area contributed by atoms with Crippen LogP contribution in [0.5, 0.6) is 11.5 Å². The molecule has 3 aromatic rings. The van der Waals surface area contributed by atoms with Gasteiger partial charge in [-0.05, 0) is 24.3 Å². The van der Waals surface area contributed by atoms with Gasteiger partial charge >= 0.3 is 6.61 Å². The van der Waals surface area contributed by atoms with Crippen molar-refractivity contribution in [2.45, 2.75) is 13.2 Å². The minimum Gasteiger partial charge on any atom is -0.493 e. The Labute approximate surface area is 164 Å². The van der Waals surface area contributed by atoms with Crippen molar-refractivity contribution < 1.29 is 23.0 Å². The number of ether oxygens (including phenoxy) is 2. The fraction of sp³-hybridized carbons (Fsp3) is 0.200. The smallest absolute Gasteiger partial charge is 0.387 e. The van der Waals surface area contributed by atoms with E-state index >= 15 is 0 Å². The highest BCUT2D eigenvalue weighted by Gasteiger charge is 2.15. The number of benzene rings is 2. The molecule has 0 fully saturated rings. The first-order valence-electron chi connectivity index (χ1n) is 8.37. The van der Waals surface area contributed by atoms with Crippen LogP contribution >= 0.6 is 11.3 Å². The van der Waals surface area contributed by atoms with Crippen LogP contribution in [0.25, 0.3) is 16.3 Å². The van der Waals surface area contributed by atoms with E-state index in [-0.39, 0.29) is 17.4 Å². The number of thiazole rings is 1. The Bertz CT molecular complexity index is 971. The molecule has 0 aliphatic heterocycles. The van der Waals surface area contributed by atoms with E-state index < -0.39 is 6.61 Å². The summed E-state index contributed by atoms with van der Waals surface area (Å²) >= 11 is 1.52. The van der Waals surface area contributed by atoms with Crippen LogP contribution in [0, 0.1) is 0 Å². The highest BCUT2D eigenvalue weighted by atomic mass is 32.1. The van der Waals surface area contributed by atoms with E-state index in [9.17, 15) is 13.6 Å². The van der Waals surface area contributed by atoms with Gasteiger partial charge in [-0.1, -0.05) is 24.3 Å². The first kappa shape index (κ1) is 19.8. The van der Waals surface area contributed by atoms with Crippen LogP contribution < -0.4 is 9.47 Å². The van der Waals surface area contributed by atoms with Crippen molar-refractivity contribution >= 4 is 33.5 Å². The van der Waals surface area contributed by atoms with Gasteiger partial charge in [0, 0.05) is 18.7 Å². The van der Waals surface area contributed by atoms with Gasteiger partial charge in [-0.3, -0.25) is 4.79 Å². The summed E-state index contributed by atoms with van der Waals surface area (Å²) in [6.07, 6.45) is 2.73. The lowest BCUT2D eigenvalue weighted by Gasteiger charge is -2.14. The van der Waals surface area contributed by atoms with Gasteiger partial charge in [0.2, 0.25) is 5.91 Å². The lowest BCUT2D eigenvalue weighted by Crippen LogP contribution is -2.24. The molecule has 0 saturated heterocycles. The van der Waals surface area contributed by atoms with Crippen LogP contribution in [0.4, 0.5) is 8.78 Å². The molecule has 0 spiro atoms. The molecular formula is C20H18F2N2O3S. The molecule has 1 heterocycles. The molecular weight excluding hydrogens is 386 g/mol. The summed E-state index contributed by atoms with van der Waals surface area (Å²) in [5, 5.41) is 0.813. The van der Waals surface area contributed by atoms with Crippen LogP contribution in [-0.2, 0) is 11.3 Å². The molecule has 0 radical (unpaired) electrons. The van der Waals surface area contributed by atoms with E-state index in [1.54, 1.807) is 19.2 Å². The minimum atomic E-state index is -3.00. The molecule has 8 heteroatoms. The number of carbonyl (C=O) groups excluding carboxylic acids is 1. The van der Waals surface area contributed by atoms with Crippen molar-refractivity contribution in [1.29, 1.82) is 0 Å². The van der Waals surface area contributed by atoms with Crippen molar-refractivity contribution in [3.8, 4) is 11.5 Å². The maximum atomic E-state index is 12.7. The van der Waals surface area contributed by atoms with E-state index in [1.165, 1.54) is 41.6 Å². The van der Waals surface area contributed by atoms with Crippen molar-refractivity contribution in [2.24, 2.45) is 0 Å². The Morgan fingerprint density at radius 3 is 2.75 bits per heavy atom. The second-order valence-corrected chi connectivity index (χ2v) is 6.98. The molecule has 0 N–H and O–H groups in total. The van der Waals surface area contributed by atoms with Gasteiger partial charge in [-0.15, -0.1) is 11.3 Å². The molecule has 1 amide bonds. The Morgan fingerprint density at radius 2 is 2.04 bits per heavy atom. The van der Waals surface area contributed by atoms with Crippen molar-refractivity contribution in [2.75, 3.05) is 14.2 Å². The zero-order chi connectivity index (χ0) is 20.1. The maximum absolute atomic E-state index is 12.7. The molecule has 3 rings (SSSR count). The number of para-hydroxylation sites is 2.